The Kier molecular flexibility index (Phi) is 6.64. The number of rotatable bonds is 6. The fourth-order valence-electron chi connectivity index (χ4n) is 5.56. The number of hydrogen-bond donors (Lipinski definition) is 1. The molecule has 10 heteroatoms. The van der Waals surface area contributed by atoms with E-state index < -0.39 is 23.8 Å². The number of hydrogen-bond acceptors (Lipinski definition) is 7. The Morgan fingerprint density at radius 1 is 0.795 bits per heavy atom. The summed E-state index contributed by atoms with van der Waals surface area (Å²) in [4.78, 5) is 59.0. The molecule has 4 heterocycles. The summed E-state index contributed by atoms with van der Waals surface area (Å²) >= 11 is 0. The minimum Gasteiger partial charge on any atom is -0.297 e. The van der Waals surface area contributed by atoms with E-state index in [4.69, 9.17) is 0 Å². The molecule has 0 saturated carbocycles. The lowest BCUT2D eigenvalue weighted by Gasteiger charge is -2.39. The van der Waals surface area contributed by atoms with Gasteiger partial charge in [-0.15, -0.1) is 0 Å². The molecule has 2 aromatic carbocycles. The first-order valence-corrected chi connectivity index (χ1v) is 13.0. The van der Waals surface area contributed by atoms with Gasteiger partial charge in [-0.2, -0.15) is 5.01 Å². The quantitative estimate of drug-likeness (QED) is 0.494. The third-order valence-electron chi connectivity index (χ3n) is 7.50. The Balaban J connectivity index is 1.14. The summed E-state index contributed by atoms with van der Waals surface area (Å²) in [7, 11) is 0. The van der Waals surface area contributed by atoms with E-state index in [9.17, 15) is 19.2 Å². The summed E-state index contributed by atoms with van der Waals surface area (Å²) < 4.78 is 0. The molecule has 0 aliphatic carbocycles. The third-order valence-corrected chi connectivity index (χ3v) is 7.50. The maximum atomic E-state index is 13.1. The van der Waals surface area contributed by atoms with Crippen LogP contribution in [0.1, 0.15) is 49.9 Å². The third kappa shape index (κ3) is 4.80. The standard InChI is InChI=1S/C29H28N6O4/c36-25-10-12-34(29(39)31-25)35-27(37)23-9-8-20(17-24(23)28(35)38)19-32-13-15-33(16-14-32)26(21-5-2-1-3-6-21)22-7-4-11-30-18-22/h1-9,11,17-18,26H,10,12-16,19H2,(H,31,36,39). The molecule has 2 fully saturated rings. The molecule has 3 aromatic rings. The average Bonchev–Trinajstić information content (AvgIpc) is 3.20. The fourth-order valence-corrected chi connectivity index (χ4v) is 5.56. The molecule has 1 unspecified atom stereocenters. The number of nitrogens with zero attached hydrogens (tertiary/aromatic N) is 5. The second kappa shape index (κ2) is 10.4. The van der Waals surface area contributed by atoms with Gasteiger partial charge >= 0.3 is 6.03 Å². The second-order valence-electron chi connectivity index (χ2n) is 9.94. The number of piperazine rings is 1. The van der Waals surface area contributed by atoms with Crippen molar-refractivity contribution >= 4 is 23.8 Å². The van der Waals surface area contributed by atoms with E-state index in [1.54, 1.807) is 18.3 Å². The van der Waals surface area contributed by atoms with Crippen molar-refractivity contribution in [3.63, 3.8) is 0 Å². The van der Waals surface area contributed by atoms with Gasteiger partial charge in [0.15, 0.2) is 0 Å². The van der Waals surface area contributed by atoms with Crippen LogP contribution in [0, 0.1) is 0 Å². The van der Waals surface area contributed by atoms with E-state index in [0.717, 1.165) is 47.3 Å². The van der Waals surface area contributed by atoms with Crippen molar-refractivity contribution in [2.24, 2.45) is 0 Å². The summed E-state index contributed by atoms with van der Waals surface area (Å²) in [6.07, 6.45) is 3.75. The van der Waals surface area contributed by atoms with Crippen LogP contribution in [-0.4, -0.2) is 81.3 Å². The van der Waals surface area contributed by atoms with Crippen LogP contribution in [0.4, 0.5) is 4.79 Å². The van der Waals surface area contributed by atoms with Gasteiger partial charge in [-0.05, 0) is 34.9 Å². The summed E-state index contributed by atoms with van der Waals surface area (Å²) in [6.45, 7) is 4.06. The monoisotopic (exact) mass is 524 g/mol. The predicted octanol–water partition coefficient (Wildman–Crippen LogP) is 2.44. The largest absolute Gasteiger partial charge is 0.343 e. The minimum atomic E-state index is -0.765. The van der Waals surface area contributed by atoms with Gasteiger partial charge in [0.05, 0.1) is 23.7 Å². The van der Waals surface area contributed by atoms with Crippen molar-refractivity contribution in [2.45, 2.75) is 19.0 Å². The molecule has 0 bridgehead atoms. The molecule has 0 spiro atoms. The second-order valence-corrected chi connectivity index (χ2v) is 9.94. The number of aromatic nitrogens is 1. The van der Waals surface area contributed by atoms with Crippen LogP contribution >= 0.6 is 0 Å². The van der Waals surface area contributed by atoms with Gasteiger partial charge in [0, 0.05) is 51.5 Å². The lowest BCUT2D eigenvalue weighted by molar-refractivity contribution is -0.122. The first-order chi connectivity index (χ1) is 19.0. The van der Waals surface area contributed by atoms with Crippen molar-refractivity contribution in [3.8, 4) is 0 Å². The van der Waals surface area contributed by atoms with E-state index in [-0.39, 0.29) is 30.1 Å². The van der Waals surface area contributed by atoms with E-state index in [0.29, 0.717) is 6.54 Å². The van der Waals surface area contributed by atoms with Gasteiger partial charge in [-0.1, -0.05) is 42.5 Å². The zero-order valence-corrected chi connectivity index (χ0v) is 21.3. The van der Waals surface area contributed by atoms with E-state index in [1.165, 1.54) is 5.56 Å². The van der Waals surface area contributed by atoms with Crippen LogP contribution in [0.25, 0.3) is 0 Å². The number of benzene rings is 2. The highest BCUT2D eigenvalue weighted by molar-refractivity contribution is 6.22. The van der Waals surface area contributed by atoms with E-state index in [1.807, 2.05) is 24.4 Å². The number of carbonyl (C=O) groups excluding carboxylic acids is 4. The van der Waals surface area contributed by atoms with Gasteiger partial charge in [-0.25, -0.2) is 9.80 Å². The first kappa shape index (κ1) is 24.9. The average molecular weight is 525 g/mol. The number of imide groups is 2. The molecule has 198 valence electrons. The Labute approximate surface area is 225 Å². The zero-order valence-electron chi connectivity index (χ0n) is 21.3. The fraction of sp³-hybridized carbons (Fsp3) is 0.276. The van der Waals surface area contributed by atoms with E-state index >= 15 is 0 Å². The molecule has 1 atom stereocenters. The highest BCUT2D eigenvalue weighted by Gasteiger charge is 2.43. The van der Waals surface area contributed by atoms with Gasteiger partial charge in [0.25, 0.3) is 11.8 Å². The molecule has 3 aliphatic rings. The van der Waals surface area contributed by atoms with Gasteiger partial charge in [-0.3, -0.25) is 34.5 Å². The minimum absolute atomic E-state index is 0.0176. The van der Waals surface area contributed by atoms with Gasteiger partial charge in [0.1, 0.15) is 0 Å². The van der Waals surface area contributed by atoms with Gasteiger partial charge in [0.2, 0.25) is 5.91 Å². The van der Waals surface area contributed by atoms with Gasteiger partial charge < -0.3 is 0 Å². The zero-order chi connectivity index (χ0) is 26.9. The van der Waals surface area contributed by atoms with Crippen molar-refractivity contribution in [3.05, 3.63) is 101 Å². The van der Waals surface area contributed by atoms with E-state index in [2.05, 4.69) is 50.4 Å². The van der Waals surface area contributed by atoms with Crippen LogP contribution in [0.3, 0.4) is 0 Å². The molecule has 0 radical (unpaired) electrons. The summed E-state index contributed by atoms with van der Waals surface area (Å²) in [5.41, 5.74) is 3.87. The van der Waals surface area contributed by atoms with Crippen molar-refractivity contribution in [2.75, 3.05) is 32.7 Å². The number of urea groups is 1. The number of pyridine rings is 1. The molecule has 2 saturated heterocycles. The molecule has 3 aliphatic heterocycles. The maximum absolute atomic E-state index is 13.1. The Hall–Kier alpha value is -4.41. The number of nitrogens with one attached hydrogen (secondary N) is 1. The lowest BCUT2D eigenvalue weighted by Crippen LogP contribution is -2.58. The predicted molar refractivity (Wildman–Crippen MR) is 141 cm³/mol. The molecular formula is C29H28N6O4. The molecule has 39 heavy (non-hydrogen) atoms. The smallest absolute Gasteiger partial charge is 0.297 e. The Morgan fingerprint density at radius 3 is 2.26 bits per heavy atom. The molecule has 10 nitrogen and oxygen atoms in total. The SMILES string of the molecule is O=C1CCN(N2C(=O)c3ccc(CN4CCN(C(c5ccccc5)c5cccnc5)CC4)cc3C2=O)C(=O)N1. The first-order valence-electron chi connectivity index (χ1n) is 13.0. The van der Waals surface area contributed by atoms with Crippen LogP contribution < -0.4 is 5.32 Å². The topological polar surface area (TPSA) is 106 Å². The highest BCUT2D eigenvalue weighted by atomic mass is 16.2. The van der Waals surface area contributed by atoms with Crippen LogP contribution in [-0.2, 0) is 11.3 Å². The maximum Gasteiger partial charge on any atom is 0.343 e. The van der Waals surface area contributed by atoms with Crippen molar-refractivity contribution in [1.29, 1.82) is 0 Å². The summed E-state index contributed by atoms with van der Waals surface area (Å²) in [5.74, 6) is -1.53. The highest BCUT2D eigenvalue weighted by Crippen LogP contribution is 2.30. The molecule has 1 aromatic heterocycles. The number of amides is 5. The Morgan fingerprint density at radius 2 is 1.54 bits per heavy atom. The van der Waals surface area contributed by atoms with Crippen LogP contribution in [0.2, 0.25) is 0 Å². The van der Waals surface area contributed by atoms with Crippen LogP contribution in [0.15, 0.2) is 73.1 Å². The molecule has 6 rings (SSSR count). The number of carbonyl (C=O) groups is 4. The van der Waals surface area contributed by atoms with Crippen molar-refractivity contribution in [1.82, 2.24) is 30.1 Å². The molecular weight excluding hydrogens is 496 g/mol. The normalized spacial score (nSPS) is 19.3. The summed E-state index contributed by atoms with van der Waals surface area (Å²) in [5, 5.41) is 4.01. The number of fused-ring (bicyclic) bond motifs is 1. The molecule has 1 N–H and O–H groups in total. The lowest BCUT2D eigenvalue weighted by atomic mass is 9.97. The molecule has 5 amide bonds. The Bertz CT molecular complexity index is 1380. The van der Waals surface area contributed by atoms with Crippen LogP contribution in [0.5, 0.6) is 0 Å². The number of hydrazine groups is 1. The van der Waals surface area contributed by atoms with Crippen molar-refractivity contribution < 1.29 is 19.2 Å². The summed E-state index contributed by atoms with van der Waals surface area (Å²) in [6, 6.07) is 19.2.